The molecule has 0 radical (unpaired) electrons. The summed E-state index contributed by atoms with van der Waals surface area (Å²) in [6, 6.07) is 10.6. The van der Waals surface area contributed by atoms with Gasteiger partial charge in [-0.1, -0.05) is 12.1 Å². The Hall–Kier alpha value is -2.38. The van der Waals surface area contributed by atoms with Crippen LogP contribution in [0.4, 0.5) is 0 Å². The van der Waals surface area contributed by atoms with Gasteiger partial charge in [0.15, 0.2) is 0 Å². The fourth-order valence-corrected chi connectivity index (χ4v) is 5.26. The Kier molecular flexibility index (Phi) is 8.18. The monoisotopic (exact) mass is 455 g/mol. The van der Waals surface area contributed by atoms with Gasteiger partial charge in [-0.3, -0.25) is 14.5 Å². The van der Waals surface area contributed by atoms with Crippen LogP contribution in [0.2, 0.25) is 0 Å². The largest absolute Gasteiger partial charge is 0.494 e. The molecule has 2 aliphatic rings. The van der Waals surface area contributed by atoms with Crippen molar-refractivity contribution in [1.29, 1.82) is 0 Å². The van der Waals surface area contributed by atoms with Crippen molar-refractivity contribution in [2.24, 2.45) is 0 Å². The first-order valence-corrected chi connectivity index (χ1v) is 12.6. The van der Waals surface area contributed by atoms with Gasteiger partial charge < -0.3 is 14.5 Å². The van der Waals surface area contributed by atoms with E-state index in [2.05, 4.69) is 27.3 Å². The fraction of sp³-hybridized carbons (Fsp3) is 0.520. The number of carbonyl (C=O) groups is 2. The van der Waals surface area contributed by atoms with Gasteiger partial charge in [0.25, 0.3) is 0 Å². The van der Waals surface area contributed by atoms with Gasteiger partial charge >= 0.3 is 0 Å². The molecule has 0 spiro atoms. The molecule has 7 heteroatoms. The highest BCUT2D eigenvalue weighted by atomic mass is 32.1. The Bertz CT molecular complexity index is 848. The van der Waals surface area contributed by atoms with E-state index in [1.54, 1.807) is 11.3 Å². The van der Waals surface area contributed by atoms with Crippen LogP contribution in [-0.2, 0) is 22.6 Å². The molecule has 2 amide bonds. The van der Waals surface area contributed by atoms with Crippen molar-refractivity contribution < 1.29 is 14.3 Å². The molecule has 2 saturated heterocycles. The van der Waals surface area contributed by atoms with E-state index in [0.717, 1.165) is 76.3 Å². The van der Waals surface area contributed by atoms with Crippen molar-refractivity contribution in [1.82, 2.24) is 14.7 Å². The normalized spacial score (nSPS) is 19.7. The molecule has 3 heterocycles. The van der Waals surface area contributed by atoms with E-state index in [4.69, 9.17) is 4.74 Å². The Morgan fingerprint density at radius 3 is 2.56 bits per heavy atom. The lowest BCUT2D eigenvalue weighted by Crippen LogP contribution is -2.45. The van der Waals surface area contributed by atoms with Crippen LogP contribution in [0.25, 0.3) is 0 Å². The van der Waals surface area contributed by atoms with E-state index in [0.29, 0.717) is 13.0 Å². The number of thiophene rings is 1. The van der Waals surface area contributed by atoms with E-state index in [1.807, 2.05) is 28.5 Å². The topological polar surface area (TPSA) is 53.1 Å². The SMILES string of the molecule is O=CN1CCN(Cc2ccc(OCCC3CCCCN3C(=O)Cc3ccsc3)cc2)CC1. The molecule has 4 rings (SSSR count). The summed E-state index contributed by atoms with van der Waals surface area (Å²) < 4.78 is 6.02. The average Bonchev–Trinajstić information content (AvgIpc) is 3.34. The predicted octanol–water partition coefficient (Wildman–Crippen LogP) is 3.41. The molecule has 32 heavy (non-hydrogen) atoms. The lowest BCUT2D eigenvalue weighted by molar-refractivity contribution is -0.134. The molecule has 2 aliphatic heterocycles. The zero-order valence-corrected chi connectivity index (χ0v) is 19.5. The van der Waals surface area contributed by atoms with Crippen LogP contribution < -0.4 is 4.74 Å². The molecule has 2 fully saturated rings. The predicted molar refractivity (Wildman–Crippen MR) is 127 cm³/mol. The summed E-state index contributed by atoms with van der Waals surface area (Å²) in [5, 5.41) is 4.10. The van der Waals surface area contributed by atoms with Gasteiger partial charge in [0.05, 0.1) is 13.0 Å². The van der Waals surface area contributed by atoms with Gasteiger partial charge in [0.1, 0.15) is 5.75 Å². The number of benzene rings is 1. The third-order valence-electron chi connectivity index (χ3n) is 6.49. The zero-order valence-electron chi connectivity index (χ0n) is 18.7. The van der Waals surface area contributed by atoms with Gasteiger partial charge in [-0.05, 0) is 59.3 Å². The molecule has 0 N–H and O–H groups in total. The van der Waals surface area contributed by atoms with Gasteiger partial charge in [0, 0.05) is 51.7 Å². The molecule has 1 atom stereocenters. The number of piperidine rings is 1. The van der Waals surface area contributed by atoms with Crippen molar-refractivity contribution >= 4 is 23.7 Å². The maximum atomic E-state index is 12.8. The summed E-state index contributed by atoms with van der Waals surface area (Å²) >= 11 is 1.64. The summed E-state index contributed by atoms with van der Waals surface area (Å²) in [7, 11) is 0. The molecule has 1 unspecified atom stereocenters. The first-order chi connectivity index (χ1) is 15.7. The maximum Gasteiger partial charge on any atom is 0.227 e. The Balaban J connectivity index is 1.21. The van der Waals surface area contributed by atoms with E-state index in [1.165, 1.54) is 12.0 Å². The molecule has 1 aromatic carbocycles. The lowest BCUT2D eigenvalue weighted by Gasteiger charge is -2.36. The number of nitrogens with zero attached hydrogens (tertiary/aromatic N) is 3. The van der Waals surface area contributed by atoms with Crippen molar-refractivity contribution in [3.63, 3.8) is 0 Å². The van der Waals surface area contributed by atoms with Crippen LogP contribution in [-0.4, -0.2) is 72.4 Å². The average molecular weight is 456 g/mol. The minimum Gasteiger partial charge on any atom is -0.494 e. The van der Waals surface area contributed by atoms with Crippen LogP contribution >= 0.6 is 11.3 Å². The minimum atomic E-state index is 0.242. The van der Waals surface area contributed by atoms with Crippen LogP contribution in [0.1, 0.15) is 36.8 Å². The number of piperazine rings is 1. The van der Waals surface area contributed by atoms with Crippen LogP contribution in [0.5, 0.6) is 5.75 Å². The number of ether oxygens (including phenoxy) is 1. The molecule has 0 bridgehead atoms. The van der Waals surface area contributed by atoms with E-state index >= 15 is 0 Å². The van der Waals surface area contributed by atoms with E-state index in [9.17, 15) is 9.59 Å². The first-order valence-electron chi connectivity index (χ1n) is 11.7. The zero-order chi connectivity index (χ0) is 22.2. The quantitative estimate of drug-likeness (QED) is 0.544. The fourth-order valence-electron chi connectivity index (χ4n) is 4.59. The second kappa shape index (κ2) is 11.5. The summed E-state index contributed by atoms with van der Waals surface area (Å²) in [5.74, 6) is 1.12. The number of rotatable bonds is 9. The molecule has 6 nitrogen and oxygen atoms in total. The van der Waals surface area contributed by atoms with Crippen molar-refractivity contribution in [3.8, 4) is 5.75 Å². The van der Waals surface area contributed by atoms with Gasteiger partial charge in [0.2, 0.25) is 12.3 Å². The smallest absolute Gasteiger partial charge is 0.227 e. The summed E-state index contributed by atoms with van der Waals surface area (Å²) in [6.07, 6.45) is 5.66. The highest BCUT2D eigenvalue weighted by Crippen LogP contribution is 2.22. The number of carbonyl (C=O) groups excluding carboxylic acids is 2. The summed E-state index contributed by atoms with van der Waals surface area (Å²) in [6.45, 7) is 5.83. The van der Waals surface area contributed by atoms with Crippen LogP contribution in [0, 0.1) is 0 Å². The van der Waals surface area contributed by atoms with Gasteiger partial charge in [-0.15, -0.1) is 0 Å². The molecular weight excluding hydrogens is 422 g/mol. The number of hydrogen-bond acceptors (Lipinski definition) is 5. The minimum absolute atomic E-state index is 0.242. The molecular formula is C25H33N3O3S. The highest BCUT2D eigenvalue weighted by molar-refractivity contribution is 7.08. The van der Waals surface area contributed by atoms with Crippen LogP contribution in [0.3, 0.4) is 0 Å². The second-order valence-corrected chi connectivity index (χ2v) is 9.52. The Morgan fingerprint density at radius 2 is 1.84 bits per heavy atom. The van der Waals surface area contributed by atoms with Crippen molar-refractivity contribution in [3.05, 3.63) is 52.2 Å². The summed E-state index contributed by atoms with van der Waals surface area (Å²) in [5.41, 5.74) is 2.38. The number of amides is 2. The number of hydrogen-bond donors (Lipinski definition) is 0. The standard InChI is InChI=1S/C25H33N3O3S/c29-20-27-13-11-26(12-14-27)18-21-4-6-24(7-5-21)31-15-8-23-3-1-2-10-28(23)25(30)17-22-9-16-32-19-22/h4-7,9,16,19-20,23H,1-3,8,10-15,17-18H2. The van der Waals surface area contributed by atoms with Gasteiger partial charge in [-0.25, -0.2) is 0 Å². The molecule has 172 valence electrons. The summed E-state index contributed by atoms with van der Waals surface area (Å²) in [4.78, 5) is 29.9. The molecule has 0 aliphatic carbocycles. The molecule has 2 aromatic rings. The van der Waals surface area contributed by atoms with Crippen LogP contribution in [0.15, 0.2) is 41.1 Å². The Labute approximate surface area is 194 Å². The third kappa shape index (κ3) is 6.33. The first kappa shape index (κ1) is 22.8. The van der Waals surface area contributed by atoms with E-state index in [-0.39, 0.29) is 11.9 Å². The van der Waals surface area contributed by atoms with E-state index < -0.39 is 0 Å². The van der Waals surface area contributed by atoms with Gasteiger partial charge in [-0.2, -0.15) is 11.3 Å². The van der Waals surface area contributed by atoms with Crippen molar-refractivity contribution in [2.45, 2.75) is 44.7 Å². The molecule has 1 aromatic heterocycles. The molecule has 0 saturated carbocycles. The Morgan fingerprint density at radius 1 is 1.03 bits per heavy atom. The lowest BCUT2D eigenvalue weighted by atomic mass is 9.98. The highest BCUT2D eigenvalue weighted by Gasteiger charge is 2.26. The van der Waals surface area contributed by atoms with Crippen molar-refractivity contribution in [2.75, 3.05) is 39.3 Å². The maximum absolute atomic E-state index is 12.8. The second-order valence-electron chi connectivity index (χ2n) is 8.74. The third-order valence-corrected chi connectivity index (χ3v) is 7.22. The number of likely N-dealkylation sites (tertiary alicyclic amines) is 1.